The van der Waals surface area contributed by atoms with Crippen molar-refractivity contribution < 1.29 is 13.2 Å². The highest BCUT2D eigenvalue weighted by atomic mass is 35.5. The lowest BCUT2D eigenvalue weighted by atomic mass is 10.1. The third-order valence-corrected chi connectivity index (χ3v) is 4.49. The maximum absolute atomic E-state index is 11.7. The number of carbonyl (C=O) groups is 1. The SMILES string of the molecule is CCS(=O)(=O)CCNC(=O)[C@@H](N)Cc1ccccc1.Cl. The van der Waals surface area contributed by atoms with Gasteiger partial charge < -0.3 is 11.1 Å². The molecule has 0 saturated carbocycles. The highest BCUT2D eigenvalue weighted by Gasteiger charge is 2.14. The van der Waals surface area contributed by atoms with E-state index in [0.29, 0.717) is 6.42 Å². The topological polar surface area (TPSA) is 89.3 Å². The zero-order valence-electron chi connectivity index (χ0n) is 11.4. The van der Waals surface area contributed by atoms with Crippen molar-refractivity contribution in [3.05, 3.63) is 35.9 Å². The van der Waals surface area contributed by atoms with Crippen LogP contribution < -0.4 is 11.1 Å². The second kappa shape index (κ2) is 8.94. The fourth-order valence-electron chi connectivity index (χ4n) is 1.57. The minimum Gasteiger partial charge on any atom is -0.354 e. The van der Waals surface area contributed by atoms with Crippen LogP contribution in [0.15, 0.2) is 30.3 Å². The van der Waals surface area contributed by atoms with Crippen molar-refractivity contribution in [2.75, 3.05) is 18.1 Å². The van der Waals surface area contributed by atoms with Crippen LogP contribution in [0.25, 0.3) is 0 Å². The summed E-state index contributed by atoms with van der Waals surface area (Å²) in [6, 6.07) is 8.79. The van der Waals surface area contributed by atoms with Gasteiger partial charge in [0.15, 0.2) is 9.84 Å². The molecular weight excluding hydrogens is 300 g/mol. The van der Waals surface area contributed by atoms with Gasteiger partial charge in [0.1, 0.15) is 0 Å². The Kier molecular flexibility index (Phi) is 8.45. The van der Waals surface area contributed by atoms with E-state index in [1.165, 1.54) is 0 Å². The van der Waals surface area contributed by atoms with Crippen molar-refractivity contribution in [3.63, 3.8) is 0 Å². The highest BCUT2D eigenvalue weighted by Crippen LogP contribution is 2.01. The number of rotatable bonds is 7. The average Bonchev–Trinajstić information content (AvgIpc) is 2.39. The normalized spacial score (nSPS) is 12.3. The van der Waals surface area contributed by atoms with Crippen LogP contribution in [0.4, 0.5) is 0 Å². The fourth-order valence-corrected chi connectivity index (χ4v) is 2.27. The van der Waals surface area contributed by atoms with Gasteiger partial charge in [-0.15, -0.1) is 12.4 Å². The maximum atomic E-state index is 11.7. The van der Waals surface area contributed by atoms with Crippen LogP contribution in [-0.2, 0) is 21.1 Å². The molecule has 1 aromatic carbocycles. The Morgan fingerprint density at radius 3 is 2.45 bits per heavy atom. The summed E-state index contributed by atoms with van der Waals surface area (Å²) in [7, 11) is -3.06. The minimum absolute atomic E-state index is 0. The summed E-state index contributed by atoms with van der Waals surface area (Å²) in [5, 5.41) is 2.55. The molecule has 7 heteroatoms. The molecule has 1 amide bonds. The second-order valence-corrected chi connectivity index (χ2v) is 6.80. The molecule has 0 saturated heterocycles. The zero-order chi connectivity index (χ0) is 14.3. The summed E-state index contributed by atoms with van der Waals surface area (Å²) < 4.78 is 22.5. The van der Waals surface area contributed by atoms with Gasteiger partial charge in [-0.25, -0.2) is 8.42 Å². The Bertz CT molecular complexity index is 506. The molecule has 0 aromatic heterocycles. The number of carbonyl (C=O) groups excluding carboxylic acids is 1. The van der Waals surface area contributed by atoms with Crippen LogP contribution in [0.3, 0.4) is 0 Å². The highest BCUT2D eigenvalue weighted by molar-refractivity contribution is 7.91. The number of nitrogens with one attached hydrogen (secondary N) is 1. The van der Waals surface area contributed by atoms with Crippen molar-refractivity contribution in [1.29, 1.82) is 0 Å². The quantitative estimate of drug-likeness (QED) is 0.767. The molecule has 0 aliphatic carbocycles. The molecule has 0 fully saturated rings. The Balaban J connectivity index is 0.00000361. The third-order valence-electron chi connectivity index (χ3n) is 2.79. The van der Waals surface area contributed by atoms with Crippen molar-refractivity contribution >= 4 is 28.2 Å². The Morgan fingerprint density at radius 2 is 1.90 bits per heavy atom. The lowest BCUT2D eigenvalue weighted by Gasteiger charge is -2.12. The first-order valence-corrected chi connectivity index (χ1v) is 8.04. The molecule has 0 spiro atoms. The summed E-state index contributed by atoms with van der Waals surface area (Å²) in [6.07, 6.45) is 0.438. The van der Waals surface area contributed by atoms with Crippen molar-refractivity contribution in [1.82, 2.24) is 5.32 Å². The largest absolute Gasteiger partial charge is 0.354 e. The summed E-state index contributed by atoms with van der Waals surface area (Å²) >= 11 is 0. The molecule has 0 unspecified atom stereocenters. The van der Waals surface area contributed by atoms with Gasteiger partial charge >= 0.3 is 0 Å². The molecule has 114 valence electrons. The van der Waals surface area contributed by atoms with Gasteiger partial charge in [-0.05, 0) is 12.0 Å². The zero-order valence-corrected chi connectivity index (χ0v) is 13.0. The van der Waals surface area contributed by atoms with Crippen molar-refractivity contribution in [2.24, 2.45) is 5.73 Å². The number of amides is 1. The van der Waals surface area contributed by atoms with E-state index < -0.39 is 15.9 Å². The van der Waals surface area contributed by atoms with Gasteiger partial charge in [0.2, 0.25) is 5.91 Å². The van der Waals surface area contributed by atoms with E-state index in [9.17, 15) is 13.2 Å². The number of nitrogens with two attached hydrogens (primary N) is 1. The predicted octanol–water partition coefficient (Wildman–Crippen LogP) is 0.529. The molecular formula is C13H21ClN2O3S. The second-order valence-electron chi connectivity index (χ2n) is 4.32. The molecule has 0 radical (unpaired) electrons. The number of hydrogen-bond donors (Lipinski definition) is 2. The summed E-state index contributed by atoms with van der Waals surface area (Å²) in [5.74, 6) is -0.290. The molecule has 5 nitrogen and oxygen atoms in total. The van der Waals surface area contributed by atoms with Gasteiger partial charge in [-0.2, -0.15) is 0 Å². The van der Waals surface area contributed by atoms with E-state index in [0.717, 1.165) is 5.56 Å². The number of hydrogen-bond acceptors (Lipinski definition) is 4. The Hall–Kier alpha value is -1.11. The van der Waals surface area contributed by atoms with Gasteiger partial charge in [-0.3, -0.25) is 4.79 Å². The van der Waals surface area contributed by atoms with Gasteiger partial charge in [0.05, 0.1) is 11.8 Å². The van der Waals surface area contributed by atoms with Crippen LogP contribution in [-0.4, -0.2) is 38.4 Å². The van der Waals surface area contributed by atoms with Gasteiger partial charge in [-0.1, -0.05) is 37.3 Å². The average molecular weight is 321 g/mol. The molecule has 1 atom stereocenters. The molecule has 1 aromatic rings. The van der Waals surface area contributed by atoms with Crippen LogP contribution in [0.5, 0.6) is 0 Å². The standard InChI is InChI=1S/C13H20N2O3S.ClH/c1-2-19(17,18)9-8-15-13(16)12(14)10-11-6-4-3-5-7-11;/h3-7,12H,2,8-10,14H2,1H3,(H,15,16);1H/t12-;/m0./s1. The van der Waals surface area contributed by atoms with E-state index in [1.54, 1.807) is 6.92 Å². The van der Waals surface area contributed by atoms with Gasteiger partial charge in [0, 0.05) is 12.3 Å². The molecule has 0 heterocycles. The molecule has 0 bridgehead atoms. The van der Waals surface area contributed by atoms with E-state index in [1.807, 2.05) is 30.3 Å². The molecule has 0 aliphatic heterocycles. The number of benzene rings is 1. The summed E-state index contributed by atoms with van der Waals surface area (Å²) in [4.78, 5) is 11.7. The van der Waals surface area contributed by atoms with E-state index in [2.05, 4.69) is 5.32 Å². The Labute approximate surface area is 126 Å². The van der Waals surface area contributed by atoms with Gasteiger partial charge in [0.25, 0.3) is 0 Å². The van der Waals surface area contributed by atoms with Crippen molar-refractivity contribution in [2.45, 2.75) is 19.4 Å². The lowest BCUT2D eigenvalue weighted by molar-refractivity contribution is -0.122. The van der Waals surface area contributed by atoms with E-state index in [-0.39, 0.29) is 36.4 Å². The first-order chi connectivity index (χ1) is 8.94. The smallest absolute Gasteiger partial charge is 0.237 e. The van der Waals surface area contributed by atoms with Crippen LogP contribution in [0, 0.1) is 0 Å². The summed E-state index contributed by atoms with van der Waals surface area (Å²) in [5.41, 5.74) is 6.75. The predicted molar refractivity (Wildman–Crippen MR) is 82.7 cm³/mol. The van der Waals surface area contributed by atoms with Crippen LogP contribution >= 0.6 is 12.4 Å². The van der Waals surface area contributed by atoms with Crippen LogP contribution in [0.2, 0.25) is 0 Å². The number of sulfone groups is 1. The van der Waals surface area contributed by atoms with E-state index >= 15 is 0 Å². The van der Waals surface area contributed by atoms with Crippen molar-refractivity contribution in [3.8, 4) is 0 Å². The Morgan fingerprint density at radius 1 is 1.30 bits per heavy atom. The first kappa shape index (κ1) is 18.9. The fraction of sp³-hybridized carbons (Fsp3) is 0.462. The molecule has 0 aliphatic rings. The first-order valence-electron chi connectivity index (χ1n) is 6.22. The minimum atomic E-state index is -3.06. The molecule has 3 N–H and O–H groups in total. The third kappa shape index (κ3) is 6.88. The molecule has 20 heavy (non-hydrogen) atoms. The van der Waals surface area contributed by atoms with E-state index in [4.69, 9.17) is 5.73 Å². The maximum Gasteiger partial charge on any atom is 0.237 e. The lowest BCUT2D eigenvalue weighted by Crippen LogP contribution is -2.43. The number of halogens is 1. The summed E-state index contributed by atoms with van der Waals surface area (Å²) in [6.45, 7) is 1.69. The molecule has 1 rings (SSSR count). The monoisotopic (exact) mass is 320 g/mol. The van der Waals surface area contributed by atoms with Crippen LogP contribution in [0.1, 0.15) is 12.5 Å².